The normalized spacial score (nSPS) is 28.3. The van der Waals surface area contributed by atoms with Crippen LogP contribution in [0.1, 0.15) is 25.7 Å². The van der Waals surface area contributed by atoms with Crippen molar-refractivity contribution in [1.29, 1.82) is 0 Å². The summed E-state index contributed by atoms with van der Waals surface area (Å²) in [6.45, 7) is 0. The quantitative estimate of drug-likeness (QED) is 0.836. The van der Waals surface area contributed by atoms with Crippen molar-refractivity contribution in [3.63, 3.8) is 0 Å². The molecule has 8 heteroatoms. The lowest BCUT2D eigenvalue weighted by atomic mass is 10.0. The Morgan fingerprint density at radius 2 is 1.82 bits per heavy atom. The minimum atomic E-state index is -3.85. The highest BCUT2D eigenvalue weighted by Crippen LogP contribution is 2.35. The zero-order valence-electron chi connectivity index (χ0n) is 12.0. The van der Waals surface area contributed by atoms with E-state index in [0.717, 1.165) is 25.7 Å². The fourth-order valence-electron chi connectivity index (χ4n) is 3.38. The summed E-state index contributed by atoms with van der Waals surface area (Å²) in [5.74, 6) is -0.900. The first-order chi connectivity index (χ1) is 10.3. The van der Waals surface area contributed by atoms with Gasteiger partial charge < -0.3 is 5.32 Å². The Kier molecular flexibility index (Phi) is 4.42. The van der Waals surface area contributed by atoms with Crippen molar-refractivity contribution in [1.82, 2.24) is 9.62 Å². The maximum atomic E-state index is 13.8. The highest BCUT2D eigenvalue weighted by Gasteiger charge is 2.39. The smallest absolute Gasteiger partial charge is 0.244 e. The minimum absolute atomic E-state index is 0.0986. The summed E-state index contributed by atoms with van der Waals surface area (Å²) in [5.41, 5.74) is 0. The topological polar surface area (TPSA) is 49.4 Å². The van der Waals surface area contributed by atoms with Gasteiger partial charge in [0.1, 0.15) is 4.90 Å². The minimum Gasteiger partial charge on any atom is -0.311 e. The number of hydrogen-bond donors (Lipinski definition) is 1. The highest BCUT2D eigenvalue weighted by molar-refractivity contribution is 7.89. The first kappa shape index (κ1) is 16.5. The van der Waals surface area contributed by atoms with Crippen molar-refractivity contribution >= 4 is 33.2 Å². The van der Waals surface area contributed by atoms with Gasteiger partial charge in [-0.05, 0) is 37.8 Å². The molecule has 1 aromatic carbocycles. The molecule has 0 spiro atoms. The Bertz CT molecular complexity index is 686. The first-order valence-electron chi connectivity index (χ1n) is 7.18. The Morgan fingerprint density at radius 1 is 1.23 bits per heavy atom. The molecular formula is C14H17Cl2FN2O2S. The molecule has 22 heavy (non-hydrogen) atoms. The molecule has 2 aliphatic heterocycles. The lowest BCUT2D eigenvalue weighted by molar-refractivity contribution is 0.251. The van der Waals surface area contributed by atoms with Crippen LogP contribution in [0.4, 0.5) is 4.39 Å². The van der Waals surface area contributed by atoms with E-state index in [1.165, 1.54) is 23.5 Å². The van der Waals surface area contributed by atoms with Gasteiger partial charge in [-0.15, -0.1) is 0 Å². The summed E-state index contributed by atoms with van der Waals surface area (Å²) in [5, 5.41) is 2.83. The van der Waals surface area contributed by atoms with E-state index in [-0.39, 0.29) is 16.0 Å². The number of fused-ring (bicyclic) bond motifs is 2. The van der Waals surface area contributed by atoms with Gasteiger partial charge in [-0.2, -0.15) is 4.31 Å². The molecule has 1 N–H and O–H groups in total. The number of hydrogen-bond acceptors (Lipinski definition) is 3. The molecule has 0 amide bonds. The van der Waals surface area contributed by atoms with Crippen molar-refractivity contribution in [2.45, 2.75) is 48.7 Å². The van der Waals surface area contributed by atoms with E-state index in [0.29, 0.717) is 12.1 Å². The third-order valence-electron chi connectivity index (χ3n) is 4.62. The molecule has 2 heterocycles. The molecule has 4 nitrogen and oxygen atoms in total. The number of piperidine rings is 1. The number of nitrogens with zero attached hydrogens (tertiary/aromatic N) is 1. The fourth-order valence-corrected chi connectivity index (χ4v) is 5.48. The first-order valence-corrected chi connectivity index (χ1v) is 9.38. The lowest BCUT2D eigenvalue weighted by Crippen LogP contribution is -2.48. The van der Waals surface area contributed by atoms with Crippen LogP contribution >= 0.6 is 23.2 Å². The molecule has 2 aliphatic rings. The van der Waals surface area contributed by atoms with Crippen LogP contribution in [0.2, 0.25) is 10.0 Å². The zero-order chi connectivity index (χ0) is 16.1. The molecule has 2 bridgehead atoms. The molecule has 0 saturated carbocycles. The van der Waals surface area contributed by atoms with E-state index in [1.807, 2.05) is 0 Å². The maximum absolute atomic E-state index is 13.8. The average Bonchev–Trinajstić information content (AvgIpc) is 2.82. The summed E-state index contributed by atoms with van der Waals surface area (Å²) >= 11 is 11.5. The number of halogens is 3. The van der Waals surface area contributed by atoms with Crippen LogP contribution in [0.5, 0.6) is 0 Å². The second-order valence-corrected chi connectivity index (χ2v) is 8.71. The third kappa shape index (κ3) is 2.76. The Balaban J connectivity index is 1.91. The van der Waals surface area contributed by atoms with Crippen LogP contribution in [-0.4, -0.2) is 37.9 Å². The van der Waals surface area contributed by atoms with E-state index in [9.17, 15) is 12.8 Å². The van der Waals surface area contributed by atoms with Gasteiger partial charge in [0.05, 0.1) is 10.0 Å². The highest BCUT2D eigenvalue weighted by atomic mass is 35.5. The van der Waals surface area contributed by atoms with Gasteiger partial charge in [0.15, 0.2) is 5.82 Å². The molecule has 0 aliphatic carbocycles. The van der Waals surface area contributed by atoms with Gasteiger partial charge in [0.25, 0.3) is 0 Å². The summed E-state index contributed by atoms with van der Waals surface area (Å²) < 4.78 is 40.7. The average molecular weight is 367 g/mol. The third-order valence-corrected chi connectivity index (χ3v) is 7.35. The standard InChI is InChI=1S/C14H17Cl2FN2O2S/c1-19(10-6-8-2-3-9(7-10)18-8)22(20,21)12-5-4-11(15)14(17)13(12)16/h4-5,8-10,18H,2-3,6-7H2,1H3. The van der Waals surface area contributed by atoms with E-state index in [1.54, 1.807) is 0 Å². The van der Waals surface area contributed by atoms with Crippen molar-refractivity contribution in [2.24, 2.45) is 0 Å². The molecule has 2 saturated heterocycles. The number of sulfonamides is 1. The maximum Gasteiger partial charge on any atom is 0.244 e. The van der Waals surface area contributed by atoms with Crippen LogP contribution in [0.3, 0.4) is 0 Å². The van der Waals surface area contributed by atoms with Gasteiger partial charge >= 0.3 is 0 Å². The van der Waals surface area contributed by atoms with Crippen LogP contribution in [0.25, 0.3) is 0 Å². The second-order valence-electron chi connectivity index (χ2n) is 5.96. The SMILES string of the molecule is CN(C1CC2CCC(C1)N2)S(=O)(=O)c1ccc(Cl)c(F)c1Cl. The molecule has 0 aromatic heterocycles. The molecular weight excluding hydrogens is 350 g/mol. The van der Waals surface area contributed by atoms with E-state index >= 15 is 0 Å². The van der Waals surface area contributed by atoms with Gasteiger partial charge in [-0.1, -0.05) is 23.2 Å². The number of nitrogens with one attached hydrogen (secondary N) is 1. The molecule has 122 valence electrons. The summed E-state index contributed by atoms with van der Waals surface area (Å²) in [6, 6.07) is 3.10. The van der Waals surface area contributed by atoms with Gasteiger partial charge in [0.2, 0.25) is 10.0 Å². The van der Waals surface area contributed by atoms with Crippen LogP contribution < -0.4 is 5.32 Å². The fraction of sp³-hybridized carbons (Fsp3) is 0.571. The summed E-state index contributed by atoms with van der Waals surface area (Å²) in [6.07, 6.45) is 3.68. The molecule has 2 atom stereocenters. The van der Waals surface area contributed by atoms with E-state index in [2.05, 4.69) is 5.32 Å². The van der Waals surface area contributed by atoms with Crippen LogP contribution in [0.15, 0.2) is 17.0 Å². The van der Waals surface area contributed by atoms with Crippen molar-refractivity contribution in [3.05, 3.63) is 28.0 Å². The number of benzene rings is 1. The molecule has 0 radical (unpaired) electrons. The number of rotatable bonds is 3. The Morgan fingerprint density at radius 3 is 2.41 bits per heavy atom. The lowest BCUT2D eigenvalue weighted by Gasteiger charge is -2.35. The molecule has 2 unspecified atom stereocenters. The monoisotopic (exact) mass is 366 g/mol. The Hall–Kier alpha value is -0.400. The summed E-state index contributed by atoms with van der Waals surface area (Å²) in [4.78, 5) is -0.232. The van der Waals surface area contributed by atoms with Crippen molar-refractivity contribution in [3.8, 4) is 0 Å². The molecule has 1 aromatic rings. The zero-order valence-corrected chi connectivity index (χ0v) is 14.3. The van der Waals surface area contributed by atoms with Crippen LogP contribution in [-0.2, 0) is 10.0 Å². The van der Waals surface area contributed by atoms with Crippen molar-refractivity contribution in [2.75, 3.05) is 7.05 Å². The largest absolute Gasteiger partial charge is 0.311 e. The molecule has 2 fully saturated rings. The van der Waals surface area contributed by atoms with Gasteiger partial charge in [-0.25, -0.2) is 12.8 Å². The predicted molar refractivity (Wildman–Crippen MR) is 84.3 cm³/mol. The predicted octanol–water partition coefficient (Wildman–Crippen LogP) is 3.04. The van der Waals surface area contributed by atoms with Gasteiger partial charge in [0, 0.05) is 25.2 Å². The van der Waals surface area contributed by atoms with Crippen LogP contribution in [0, 0.1) is 5.82 Å². The Labute approximate surface area is 139 Å². The second kappa shape index (κ2) is 5.91. The van der Waals surface area contributed by atoms with E-state index in [4.69, 9.17) is 23.2 Å². The molecule has 3 rings (SSSR count). The van der Waals surface area contributed by atoms with E-state index < -0.39 is 20.9 Å². The van der Waals surface area contributed by atoms with Crippen molar-refractivity contribution < 1.29 is 12.8 Å². The summed E-state index contributed by atoms with van der Waals surface area (Å²) in [7, 11) is -2.32. The van der Waals surface area contributed by atoms with Gasteiger partial charge in [-0.3, -0.25) is 0 Å².